The molecule has 0 atom stereocenters. The molecular weight excluding hydrogens is 214 g/mol. The van der Waals surface area contributed by atoms with Crippen molar-refractivity contribution in [2.75, 3.05) is 27.8 Å². The summed E-state index contributed by atoms with van der Waals surface area (Å²) in [6.45, 7) is 4.97. The Kier molecular flexibility index (Phi) is 4.54. The van der Waals surface area contributed by atoms with Gasteiger partial charge < -0.3 is 14.7 Å². The number of aliphatic hydroxyl groups is 1. The summed E-state index contributed by atoms with van der Waals surface area (Å²) in [7, 11) is 5.75. The summed E-state index contributed by atoms with van der Waals surface area (Å²) in [5.74, 6) is 0.889. The van der Waals surface area contributed by atoms with Gasteiger partial charge in [0.05, 0.1) is 13.7 Å². The van der Waals surface area contributed by atoms with Gasteiger partial charge in [-0.1, -0.05) is 32.0 Å². The summed E-state index contributed by atoms with van der Waals surface area (Å²) >= 11 is 0. The fourth-order valence-electron chi connectivity index (χ4n) is 1.91. The van der Waals surface area contributed by atoms with Crippen molar-refractivity contribution in [2.45, 2.75) is 25.8 Å². The Hall–Kier alpha value is -1.06. The second kappa shape index (κ2) is 5.52. The topological polar surface area (TPSA) is 32.7 Å². The van der Waals surface area contributed by atoms with Gasteiger partial charge in [-0.15, -0.1) is 0 Å². The van der Waals surface area contributed by atoms with Gasteiger partial charge in [0.15, 0.2) is 0 Å². The molecule has 0 radical (unpaired) electrons. The van der Waals surface area contributed by atoms with Gasteiger partial charge in [-0.25, -0.2) is 0 Å². The molecule has 3 nitrogen and oxygen atoms in total. The van der Waals surface area contributed by atoms with E-state index >= 15 is 0 Å². The molecule has 0 saturated carbocycles. The van der Waals surface area contributed by atoms with Crippen LogP contribution in [0.25, 0.3) is 0 Å². The number of nitrogens with zero attached hydrogens (tertiary/aromatic N) is 1. The van der Waals surface area contributed by atoms with Crippen LogP contribution >= 0.6 is 0 Å². The molecule has 0 aromatic heterocycles. The molecular formula is C14H23NO2. The van der Waals surface area contributed by atoms with Gasteiger partial charge in [-0.3, -0.25) is 0 Å². The molecule has 0 bridgehead atoms. The number of para-hydroxylation sites is 1. The zero-order valence-electron chi connectivity index (χ0n) is 11.4. The number of rotatable bonds is 5. The average molecular weight is 237 g/mol. The first-order chi connectivity index (χ1) is 7.92. The predicted molar refractivity (Wildman–Crippen MR) is 70.5 cm³/mol. The fourth-order valence-corrected chi connectivity index (χ4v) is 1.91. The molecule has 0 fully saturated rings. The van der Waals surface area contributed by atoms with Crippen LogP contribution in [0.4, 0.5) is 0 Å². The lowest BCUT2D eigenvalue weighted by atomic mass is 9.84. The lowest BCUT2D eigenvalue weighted by Crippen LogP contribution is -2.24. The Bertz CT molecular complexity index is 372. The third-order valence-corrected chi connectivity index (χ3v) is 2.91. The van der Waals surface area contributed by atoms with Gasteiger partial charge in [-0.2, -0.15) is 0 Å². The maximum absolute atomic E-state index is 9.47. The third kappa shape index (κ3) is 3.20. The molecule has 17 heavy (non-hydrogen) atoms. The second-order valence-electron chi connectivity index (χ2n) is 5.28. The van der Waals surface area contributed by atoms with Crippen LogP contribution in [-0.4, -0.2) is 37.8 Å². The van der Waals surface area contributed by atoms with E-state index in [1.165, 1.54) is 0 Å². The van der Waals surface area contributed by atoms with Crippen LogP contribution in [0.2, 0.25) is 0 Å². The number of ether oxygens (including phenoxy) is 1. The minimum Gasteiger partial charge on any atom is -0.496 e. The zero-order valence-corrected chi connectivity index (χ0v) is 11.4. The summed E-state index contributed by atoms with van der Waals surface area (Å²) in [5, 5.41) is 9.47. The molecule has 0 aliphatic heterocycles. The molecule has 0 aliphatic carbocycles. The summed E-state index contributed by atoms with van der Waals surface area (Å²) in [6, 6.07) is 6.11. The van der Waals surface area contributed by atoms with Gasteiger partial charge in [-0.05, 0) is 14.1 Å². The largest absolute Gasteiger partial charge is 0.496 e. The highest BCUT2D eigenvalue weighted by atomic mass is 16.5. The monoisotopic (exact) mass is 237 g/mol. The minimum atomic E-state index is -0.284. The van der Waals surface area contributed by atoms with Crippen LogP contribution in [-0.2, 0) is 12.0 Å². The summed E-state index contributed by atoms with van der Waals surface area (Å²) in [4.78, 5) is 2.10. The van der Waals surface area contributed by atoms with E-state index in [0.29, 0.717) is 0 Å². The van der Waals surface area contributed by atoms with E-state index in [4.69, 9.17) is 4.74 Å². The Morgan fingerprint density at radius 3 is 2.41 bits per heavy atom. The van der Waals surface area contributed by atoms with E-state index in [9.17, 15) is 5.11 Å². The van der Waals surface area contributed by atoms with Crippen molar-refractivity contribution in [3.63, 3.8) is 0 Å². The molecule has 0 aliphatic rings. The third-order valence-electron chi connectivity index (χ3n) is 2.91. The molecule has 0 heterocycles. The van der Waals surface area contributed by atoms with Gasteiger partial charge >= 0.3 is 0 Å². The summed E-state index contributed by atoms with van der Waals surface area (Å²) in [6.07, 6.45) is 0. The fraction of sp³-hybridized carbons (Fsp3) is 0.571. The maximum atomic E-state index is 9.47. The van der Waals surface area contributed by atoms with E-state index < -0.39 is 0 Å². The lowest BCUT2D eigenvalue weighted by Gasteiger charge is -2.26. The molecule has 1 aromatic carbocycles. The van der Waals surface area contributed by atoms with Gasteiger partial charge in [0, 0.05) is 23.1 Å². The number of benzene rings is 1. The smallest absolute Gasteiger partial charge is 0.127 e. The van der Waals surface area contributed by atoms with E-state index in [1.54, 1.807) is 7.11 Å². The van der Waals surface area contributed by atoms with E-state index in [0.717, 1.165) is 23.4 Å². The number of aliphatic hydroxyl groups excluding tert-OH is 1. The first-order valence-corrected chi connectivity index (χ1v) is 5.84. The molecule has 1 N–H and O–H groups in total. The molecule has 0 amide bonds. The molecule has 0 unspecified atom stereocenters. The van der Waals surface area contributed by atoms with Crippen LogP contribution in [0, 0.1) is 0 Å². The molecule has 1 aromatic rings. The Morgan fingerprint density at radius 1 is 1.29 bits per heavy atom. The van der Waals surface area contributed by atoms with Crippen LogP contribution in [0.3, 0.4) is 0 Å². The maximum Gasteiger partial charge on any atom is 0.127 e. The zero-order chi connectivity index (χ0) is 13.1. The Balaban J connectivity index is 3.23. The van der Waals surface area contributed by atoms with Crippen molar-refractivity contribution >= 4 is 0 Å². The number of methoxy groups -OCH3 is 1. The standard InChI is InChI=1S/C14H23NO2/c1-14(2,10-16)12-8-6-7-11(9-15(3)4)13(12)17-5/h6-8,16H,9-10H2,1-5H3. The SMILES string of the molecule is COc1c(CN(C)C)cccc1C(C)(C)CO. The van der Waals surface area contributed by atoms with E-state index in [-0.39, 0.29) is 12.0 Å². The summed E-state index contributed by atoms with van der Waals surface area (Å²) < 4.78 is 5.53. The van der Waals surface area contributed by atoms with Gasteiger partial charge in [0.25, 0.3) is 0 Å². The lowest BCUT2D eigenvalue weighted by molar-refractivity contribution is 0.214. The molecule has 0 spiro atoms. The van der Waals surface area contributed by atoms with Crippen molar-refractivity contribution in [1.29, 1.82) is 0 Å². The van der Waals surface area contributed by atoms with Gasteiger partial charge in [0.1, 0.15) is 5.75 Å². The minimum absolute atomic E-state index is 0.106. The molecule has 3 heteroatoms. The van der Waals surface area contributed by atoms with Crippen molar-refractivity contribution in [1.82, 2.24) is 4.90 Å². The van der Waals surface area contributed by atoms with Crippen molar-refractivity contribution in [3.05, 3.63) is 29.3 Å². The molecule has 1 rings (SSSR count). The van der Waals surface area contributed by atoms with Crippen molar-refractivity contribution in [3.8, 4) is 5.75 Å². The highest BCUT2D eigenvalue weighted by molar-refractivity contribution is 5.45. The van der Waals surface area contributed by atoms with E-state index in [1.807, 2.05) is 40.1 Å². The number of hydrogen-bond donors (Lipinski definition) is 1. The first kappa shape index (κ1) is 14.0. The average Bonchev–Trinajstić information content (AvgIpc) is 2.28. The Morgan fingerprint density at radius 2 is 1.94 bits per heavy atom. The molecule has 96 valence electrons. The highest BCUT2D eigenvalue weighted by Gasteiger charge is 2.24. The van der Waals surface area contributed by atoms with Crippen LogP contribution < -0.4 is 4.74 Å². The highest BCUT2D eigenvalue weighted by Crippen LogP contribution is 2.34. The van der Waals surface area contributed by atoms with Crippen LogP contribution in [0.1, 0.15) is 25.0 Å². The van der Waals surface area contributed by atoms with Gasteiger partial charge in [0.2, 0.25) is 0 Å². The van der Waals surface area contributed by atoms with E-state index in [2.05, 4.69) is 11.0 Å². The Labute approximate surface area is 104 Å². The summed E-state index contributed by atoms with van der Waals surface area (Å²) in [5.41, 5.74) is 1.92. The second-order valence-corrected chi connectivity index (χ2v) is 5.28. The van der Waals surface area contributed by atoms with Crippen LogP contribution in [0.15, 0.2) is 18.2 Å². The molecule has 0 saturated heterocycles. The van der Waals surface area contributed by atoms with Crippen molar-refractivity contribution < 1.29 is 9.84 Å². The normalized spacial score (nSPS) is 11.9. The van der Waals surface area contributed by atoms with Crippen molar-refractivity contribution in [2.24, 2.45) is 0 Å². The van der Waals surface area contributed by atoms with Crippen LogP contribution in [0.5, 0.6) is 5.75 Å². The first-order valence-electron chi connectivity index (χ1n) is 5.84. The quantitative estimate of drug-likeness (QED) is 0.850. The predicted octanol–water partition coefficient (Wildman–Crippen LogP) is 2.03. The number of hydrogen-bond acceptors (Lipinski definition) is 3.